The average Bonchev–Trinajstić information content (AvgIpc) is 2.25. The quantitative estimate of drug-likeness (QED) is 0.548. The van der Waals surface area contributed by atoms with Crippen LogP contribution in [0.25, 0.3) is 0 Å². The number of nitrogens with zero attached hydrogens (tertiary/aromatic N) is 1. The molecule has 1 atom stereocenters. The second-order valence-corrected chi connectivity index (χ2v) is 5.51. The van der Waals surface area contributed by atoms with Crippen molar-refractivity contribution >= 4 is 34.9 Å². The van der Waals surface area contributed by atoms with Gasteiger partial charge in [-0.3, -0.25) is 19.7 Å². The number of carbonyl (C=O) groups is 3. The van der Waals surface area contributed by atoms with E-state index in [0.717, 1.165) is 6.42 Å². The zero-order valence-electron chi connectivity index (χ0n) is 10.8. The number of hydrogen-bond acceptors (Lipinski definition) is 4. The Morgan fingerprint density at radius 3 is 2.58 bits per heavy atom. The van der Waals surface area contributed by atoms with Crippen molar-refractivity contribution in [3.63, 3.8) is 0 Å². The van der Waals surface area contributed by atoms with Gasteiger partial charge in [-0.2, -0.15) is 0 Å². The number of carbonyl (C=O) groups excluding carboxylic acids is 3. The Bertz CT molecular complexity index is 459. The second-order valence-electron chi connectivity index (χ2n) is 5.07. The van der Waals surface area contributed by atoms with Gasteiger partial charge in [-0.25, -0.2) is 0 Å². The molecule has 1 heterocycles. The standard InChI is InChI=1S/C12H17N3O3S/c1-2-7-9(17)14-8(16)6-15(7)11(18)12(10(13)19)4-3-5-12/h7H,2-6H2,1H3,(H2,13,19)(H,14,16,17). The van der Waals surface area contributed by atoms with Gasteiger partial charge in [-0.05, 0) is 19.3 Å². The van der Waals surface area contributed by atoms with Crippen molar-refractivity contribution in [1.82, 2.24) is 10.2 Å². The Hall–Kier alpha value is -1.50. The van der Waals surface area contributed by atoms with Gasteiger partial charge >= 0.3 is 0 Å². The molecule has 2 fully saturated rings. The predicted octanol–water partition coefficient (Wildman–Crippen LogP) is -0.294. The fraction of sp³-hybridized carbons (Fsp3) is 0.667. The number of thiocarbonyl (C=S) groups is 1. The lowest BCUT2D eigenvalue weighted by molar-refractivity contribution is -0.156. The molecule has 1 saturated heterocycles. The topological polar surface area (TPSA) is 92.5 Å². The van der Waals surface area contributed by atoms with E-state index in [4.69, 9.17) is 18.0 Å². The lowest BCUT2D eigenvalue weighted by atomic mass is 9.67. The smallest absolute Gasteiger partial charge is 0.249 e. The van der Waals surface area contributed by atoms with Gasteiger partial charge in [-0.1, -0.05) is 25.6 Å². The molecule has 0 radical (unpaired) electrons. The molecule has 1 saturated carbocycles. The summed E-state index contributed by atoms with van der Waals surface area (Å²) in [6.07, 6.45) is 2.54. The Morgan fingerprint density at radius 1 is 1.53 bits per heavy atom. The molecule has 2 aliphatic rings. The normalized spacial score (nSPS) is 25.5. The number of nitrogens with one attached hydrogen (secondary N) is 1. The molecule has 0 aromatic carbocycles. The molecular weight excluding hydrogens is 266 g/mol. The van der Waals surface area contributed by atoms with Crippen LogP contribution < -0.4 is 11.1 Å². The molecule has 0 aromatic heterocycles. The van der Waals surface area contributed by atoms with Crippen LogP contribution in [0.15, 0.2) is 0 Å². The molecule has 3 amide bonds. The third-order valence-electron chi connectivity index (χ3n) is 3.99. The molecule has 19 heavy (non-hydrogen) atoms. The van der Waals surface area contributed by atoms with E-state index in [1.165, 1.54) is 4.90 Å². The van der Waals surface area contributed by atoms with Crippen molar-refractivity contribution in [3.8, 4) is 0 Å². The highest BCUT2D eigenvalue weighted by atomic mass is 32.1. The Labute approximate surface area is 116 Å². The van der Waals surface area contributed by atoms with E-state index < -0.39 is 23.3 Å². The van der Waals surface area contributed by atoms with Crippen LogP contribution in [0.2, 0.25) is 0 Å². The number of piperazine rings is 1. The molecule has 1 unspecified atom stereocenters. The van der Waals surface area contributed by atoms with Gasteiger partial charge < -0.3 is 10.6 Å². The summed E-state index contributed by atoms with van der Waals surface area (Å²) in [5.74, 6) is -1.16. The van der Waals surface area contributed by atoms with Crippen molar-refractivity contribution in [2.45, 2.75) is 38.6 Å². The average molecular weight is 283 g/mol. The summed E-state index contributed by atoms with van der Waals surface area (Å²) in [4.78, 5) is 37.4. The first-order valence-electron chi connectivity index (χ1n) is 6.37. The van der Waals surface area contributed by atoms with E-state index in [0.29, 0.717) is 19.3 Å². The van der Waals surface area contributed by atoms with Gasteiger partial charge in [0.15, 0.2) is 0 Å². The highest BCUT2D eigenvalue weighted by molar-refractivity contribution is 7.80. The molecule has 1 aliphatic carbocycles. The first kappa shape index (κ1) is 13.9. The van der Waals surface area contributed by atoms with Crippen LogP contribution in [-0.2, 0) is 14.4 Å². The largest absolute Gasteiger partial charge is 0.392 e. The van der Waals surface area contributed by atoms with Gasteiger partial charge in [0.2, 0.25) is 17.7 Å². The van der Waals surface area contributed by atoms with Crippen LogP contribution in [0, 0.1) is 5.41 Å². The number of imide groups is 1. The van der Waals surface area contributed by atoms with Crippen LogP contribution in [0.4, 0.5) is 0 Å². The number of amides is 3. The maximum atomic E-state index is 12.6. The highest BCUT2D eigenvalue weighted by Crippen LogP contribution is 2.43. The summed E-state index contributed by atoms with van der Waals surface area (Å²) in [5, 5.41) is 2.25. The number of nitrogens with two attached hydrogens (primary N) is 1. The minimum atomic E-state index is -0.847. The molecule has 0 bridgehead atoms. The molecule has 6 nitrogen and oxygen atoms in total. The minimum absolute atomic E-state index is 0.104. The van der Waals surface area contributed by atoms with Gasteiger partial charge in [0.05, 0.1) is 10.4 Å². The maximum absolute atomic E-state index is 12.6. The SMILES string of the molecule is CCC1C(=O)NC(=O)CN1C(=O)C1(C(N)=S)CCC1. The first-order valence-corrected chi connectivity index (χ1v) is 6.78. The molecule has 0 aromatic rings. The summed E-state index contributed by atoms with van der Waals surface area (Å²) in [6.45, 7) is 1.70. The molecular formula is C12H17N3O3S. The van der Waals surface area contributed by atoms with Crippen molar-refractivity contribution in [3.05, 3.63) is 0 Å². The Kier molecular flexibility index (Phi) is 3.58. The fourth-order valence-electron chi connectivity index (χ4n) is 2.66. The van der Waals surface area contributed by atoms with Gasteiger partial charge in [0.25, 0.3) is 0 Å². The van der Waals surface area contributed by atoms with Crippen molar-refractivity contribution in [2.75, 3.05) is 6.54 Å². The third kappa shape index (κ3) is 2.11. The summed E-state index contributed by atoms with van der Waals surface area (Å²) < 4.78 is 0. The van der Waals surface area contributed by atoms with Crippen molar-refractivity contribution in [1.29, 1.82) is 0 Å². The molecule has 7 heteroatoms. The lowest BCUT2D eigenvalue weighted by Crippen LogP contribution is -2.64. The van der Waals surface area contributed by atoms with Crippen LogP contribution >= 0.6 is 12.2 Å². The van der Waals surface area contributed by atoms with Crippen LogP contribution in [0.1, 0.15) is 32.6 Å². The van der Waals surface area contributed by atoms with E-state index >= 15 is 0 Å². The second kappa shape index (κ2) is 4.88. The molecule has 2 rings (SSSR count). The van der Waals surface area contributed by atoms with E-state index in [9.17, 15) is 14.4 Å². The number of hydrogen-bond donors (Lipinski definition) is 2. The van der Waals surface area contributed by atoms with Gasteiger partial charge in [0.1, 0.15) is 12.6 Å². The first-order chi connectivity index (χ1) is 8.92. The third-order valence-corrected chi connectivity index (χ3v) is 4.38. The van der Waals surface area contributed by atoms with E-state index in [-0.39, 0.29) is 17.4 Å². The Morgan fingerprint density at radius 2 is 2.16 bits per heavy atom. The van der Waals surface area contributed by atoms with Crippen LogP contribution in [0.5, 0.6) is 0 Å². The van der Waals surface area contributed by atoms with Crippen molar-refractivity contribution < 1.29 is 14.4 Å². The predicted molar refractivity (Wildman–Crippen MR) is 72.0 cm³/mol. The molecule has 104 valence electrons. The summed E-state index contributed by atoms with van der Waals surface area (Å²) in [5.41, 5.74) is 4.85. The van der Waals surface area contributed by atoms with Crippen molar-refractivity contribution in [2.24, 2.45) is 11.1 Å². The monoisotopic (exact) mass is 283 g/mol. The molecule has 0 spiro atoms. The van der Waals surface area contributed by atoms with Gasteiger partial charge in [0, 0.05) is 0 Å². The van der Waals surface area contributed by atoms with Crippen LogP contribution in [-0.4, -0.2) is 40.2 Å². The van der Waals surface area contributed by atoms with E-state index in [1.54, 1.807) is 6.92 Å². The minimum Gasteiger partial charge on any atom is -0.392 e. The summed E-state index contributed by atoms with van der Waals surface area (Å²) in [7, 11) is 0. The zero-order chi connectivity index (χ0) is 14.2. The van der Waals surface area contributed by atoms with E-state index in [1.807, 2.05) is 0 Å². The summed E-state index contributed by atoms with van der Waals surface area (Å²) >= 11 is 5.00. The fourth-order valence-corrected chi connectivity index (χ4v) is 2.95. The molecule has 3 N–H and O–H groups in total. The van der Waals surface area contributed by atoms with E-state index in [2.05, 4.69) is 5.32 Å². The lowest BCUT2D eigenvalue weighted by Gasteiger charge is -2.45. The Balaban J connectivity index is 2.27. The zero-order valence-corrected chi connectivity index (χ0v) is 11.6. The summed E-state index contributed by atoms with van der Waals surface area (Å²) in [6, 6.07) is -0.614. The molecule has 1 aliphatic heterocycles. The van der Waals surface area contributed by atoms with Crippen LogP contribution in [0.3, 0.4) is 0 Å². The maximum Gasteiger partial charge on any atom is 0.249 e. The van der Waals surface area contributed by atoms with Gasteiger partial charge in [-0.15, -0.1) is 0 Å². The highest BCUT2D eigenvalue weighted by Gasteiger charge is 2.51. The number of rotatable bonds is 3.